The highest BCUT2D eigenvalue weighted by Gasteiger charge is 2.37. The molecule has 1 rings (SSSR count). The molecule has 106 valence electrons. The van der Waals surface area contributed by atoms with E-state index in [4.69, 9.17) is 5.11 Å². The summed E-state index contributed by atoms with van der Waals surface area (Å²) in [5.41, 5.74) is -0.319. The molecule has 0 aromatic carbocycles. The summed E-state index contributed by atoms with van der Waals surface area (Å²) in [6.07, 6.45) is 3.86. The van der Waals surface area contributed by atoms with Crippen LogP contribution in [-0.4, -0.2) is 36.8 Å². The van der Waals surface area contributed by atoms with Gasteiger partial charge in [0.05, 0.1) is 0 Å². The number of carbonyl (C=O) groups excluding carboxylic acids is 1. The maximum atomic E-state index is 12.3. The van der Waals surface area contributed by atoms with Crippen molar-refractivity contribution in [3.8, 4) is 0 Å². The molecule has 0 aliphatic carbocycles. The van der Waals surface area contributed by atoms with E-state index >= 15 is 0 Å². The van der Waals surface area contributed by atoms with Crippen LogP contribution in [0.2, 0.25) is 0 Å². The van der Waals surface area contributed by atoms with Gasteiger partial charge >= 0.3 is 0 Å². The van der Waals surface area contributed by atoms with Crippen molar-refractivity contribution >= 4 is 5.91 Å². The number of piperidine rings is 1. The molecular weight excluding hydrogens is 228 g/mol. The first kappa shape index (κ1) is 15.4. The molecule has 1 amide bonds. The lowest BCUT2D eigenvalue weighted by Gasteiger charge is -2.36. The Morgan fingerprint density at radius 2 is 2.28 bits per heavy atom. The second-order valence-electron chi connectivity index (χ2n) is 6.01. The fourth-order valence-electron chi connectivity index (χ4n) is 2.53. The van der Waals surface area contributed by atoms with Gasteiger partial charge in [-0.15, -0.1) is 0 Å². The van der Waals surface area contributed by atoms with Crippen molar-refractivity contribution in [1.82, 2.24) is 10.6 Å². The molecule has 18 heavy (non-hydrogen) atoms. The van der Waals surface area contributed by atoms with E-state index < -0.39 is 0 Å². The van der Waals surface area contributed by atoms with Gasteiger partial charge in [-0.25, -0.2) is 0 Å². The first-order chi connectivity index (χ1) is 8.48. The number of rotatable bonds is 6. The fourth-order valence-corrected chi connectivity index (χ4v) is 2.53. The lowest BCUT2D eigenvalue weighted by Crippen LogP contribution is -2.49. The average molecular weight is 256 g/mol. The van der Waals surface area contributed by atoms with Gasteiger partial charge < -0.3 is 15.7 Å². The van der Waals surface area contributed by atoms with E-state index in [0.717, 1.165) is 38.8 Å². The van der Waals surface area contributed by atoms with Crippen molar-refractivity contribution in [3.05, 3.63) is 0 Å². The van der Waals surface area contributed by atoms with Crippen LogP contribution in [0.1, 0.15) is 46.5 Å². The minimum atomic E-state index is -0.319. The molecule has 2 atom stereocenters. The normalized spacial score (nSPS) is 22.6. The van der Waals surface area contributed by atoms with Gasteiger partial charge in [-0.3, -0.25) is 4.79 Å². The highest BCUT2D eigenvalue weighted by molar-refractivity contribution is 5.82. The Morgan fingerprint density at radius 1 is 1.56 bits per heavy atom. The van der Waals surface area contributed by atoms with E-state index in [9.17, 15) is 4.79 Å². The van der Waals surface area contributed by atoms with Crippen molar-refractivity contribution < 1.29 is 9.90 Å². The number of aliphatic hydroxyl groups is 1. The van der Waals surface area contributed by atoms with Gasteiger partial charge in [-0.05, 0) is 51.6 Å². The average Bonchev–Trinajstić information content (AvgIpc) is 2.37. The molecule has 1 fully saturated rings. The van der Waals surface area contributed by atoms with Crippen LogP contribution >= 0.6 is 0 Å². The summed E-state index contributed by atoms with van der Waals surface area (Å²) < 4.78 is 0. The summed E-state index contributed by atoms with van der Waals surface area (Å²) >= 11 is 0. The largest absolute Gasteiger partial charge is 0.396 e. The Balaban J connectivity index is 2.47. The van der Waals surface area contributed by atoms with Crippen LogP contribution in [0.15, 0.2) is 0 Å². The SMILES string of the molecule is CC(CCCO)NC(=O)C(C)(C)C1CCCNC1. The third-order valence-electron chi connectivity index (χ3n) is 4.08. The van der Waals surface area contributed by atoms with Crippen molar-refractivity contribution in [2.75, 3.05) is 19.7 Å². The van der Waals surface area contributed by atoms with E-state index in [-0.39, 0.29) is 24.0 Å². The second-order valence-corrected chi connectivity index (χ2v) is 6.01. The van der Waals surface area contributed by atoms with Crippen LogP contribution in [-0.2, 0) is 4.79 Å². The van der Waals surface area contributed by atoms with E-state index in [2.05, 4.69) is 10.6 Å². The lowest BCUT2D eigenvalue weighted by molar-refractivity contribution is -0.133. The van der Waals surface area contributed by atoms with E-state index in [1.54, 1.807) is 0 Å². The summed E-state index contributed by atoms with van der Waals surface area (Å²) in [6.45, 7) is 8.28. The first-order valence-electron chi connectivity index (χ1n) is 7.11. The van der Waals surface area contributed by atoms with E-state index in [1.807, 2.05) is 20.8 Å². The van der Waals surface area contributed by atoms with Gasteiger partial charge in [0.2, 0.25) is 5.91 Å². The van der Waals surface area contributed by atoms with Crippen LogP contribution in [0.25, 0.3) is 0 Å². The van der Waals surface area contributed by atoms with Gasteiger partial charge in [0.1, 0.15) is 0 Å². The molecule has 0 saturated carbocycles. The summed E-state index contributed by atoms with van der Waals surface area (Å²) in [5.74, 6) is 0.554. The smallest absolute Gasteiger partial charge is 0.226 e. The van der Waals surface area contributed by atoms with E-state index in [1.165, 1.54) is 0 Å². The molecule has 4 nitrogen and oxygen atoms in total. The summed E-state index contributed by atoms with van der Waals surface area (Å²) in [4.78, 5) is 12.3. The summed E-state index contributed by atoms with van der Waals surface area (Å²) in [5, 5.41) is 15.2. The van der Waals surface area contributed by atoms with E-state index in [0.29, 0.717) is 5.92 Å². The third kappa shape index (κ3) is 4.25. The lowest BCUT2D eigenvalue weighted by atomic mass is 9.74. The van der Waals surface area contributed by atoms with Crippen molar-refractivity contribution in [2.24, 2.45) is 11.3 Å². The molecule has 0 aromatic rings. The maximum Gasteiger partial charge on any atom is 0.226 e. The Morgan fingerprint density at radius 3 is 2.83 bits per heavy atom. The highest BCUT2D eigenvalue weighted by atomic mass is 16.3. The predicted octanol–water partition coefficient (Wildman–Crippen LogP) is 1.29. The molecule has 3 N–H and O–H groups in total. The van der Waals surface area contributed by atoms with Crippen molar-refractivity contribution in [1.29, 1.82) is 0 Å². The van der Waals surface area contributed by atoms with Crippen LogP contribution in [0.4, 0.5) is 0 Å². The van der Waals surface area contributed by atoms with Gasteiger partial charge in [-0.1, -0.05) is 13.8 Å². The molecule has 0 radical (unpaired) electrons. The Bertz CT molecular complexity index is 261. The second kappa shape index (κ2) is 7.10. The van der Waals surface area contributed by atoms with Gasteiger partial charge in [0, 0.05) is 18.1 Å². The molecular formula is C14H28N2O2. The Hall–Kier alpha value is -0.610. The first-order valence-corrected chi connectivity index (χ1v) is 7.11. The fraction of sp³-hybridized carbons (Fsp3) is 0.929. The van der Waals surface area contributed by atoms with Gasteiger partial charge in [0.25, 0.3) is 0 Å². The van der Waals surface area contributed by atoms with Crippen LogP contribution in [0.3, 0.4) is 0 Å². The predicted molar refractivity (Wildman–Crippen MR) is 73.3 cm³/mol. The molecule has 0 bridgehead atoms. The topological polar surface area (TPSA) is 61.4 Å². The zero-order chi connectivity index (χ0) is 13.6. The van der Waals surface area contributed by atoms with Gasteiger partial charge in [0.15, 0.2) is 0 Å². The molecule has 0 spiro atoms. The quantitative estimate of drug-likeness (QED) is 0.671. The zero-order valence-electron chi connectivity index (χ0n) is 12.0. The maximum absolute atomic E-state index is 12.3. The number of nitrogens with one attached hydrogen (secondary N) is 2. The number of hydrogen-bond acceptors (Lipinski definition) is 3. The highest BCUT2D eigenvalue weighted by Crippen LogP contribution is 2.32. The molecule has 1 heterocycles. The molecule has 1 saturated heterocycles. The molecule has 2 unspecified atom stereocenters. The molecule has 1 aliphatic rings. The Labute approximate surface area is 111 Å². The van der Waals surface area contributed by atoms with Crippen LogP contribution in [0, 0.1) is 11.3 Å². The number of amides is 1. The van der Waals surface area contributed by atoms with Crippen molar-refractivity contribution in [2.45, 2.75) is 52.5 Å². The molecule has 1 aliphatic heterocycles. The molecule has 0 aromatic heterocycles. The number of carbonyl (C=O) groups is 1. The number of hydrogen-bond donors (Lipinski definition) is 3. The minimum Gasteiger partial charge on any atom is -0.396 e. The summed E-state index contributed by atoms with van der Waals surface area (Å²) in [6, 6.07) is 0.139. The molecule has 4 heteroatoms. The third-order valence-corrected chi connectivity index (χ3v) is 4.08. The zero-order valence-corrected chi connectivity index (χ0v) is 12.0. The van der Waals surface area contributed by atoms with Crippen molar-refractivity contribution in [3.63, 3.8) is 0 Å². The minimum absolute atomic E-state index is 0.139. The Kier molecular flexibility index (Phi) is 6.09. The van der Waals surface area contributed by atoms with Crippen LogP contribution in [0.5, 0.6) is 0 Å². The standard InChI is InChI=1S/C14H28N2O2/c1-11(6-5-9-17)16-13(18)14(2,3)12-7-4-8-15-10-12/h11-12,15,17H,4-10H2,1-3H3,(H,16,18). The van der Waals surface area contributed by atoms with Crippen LogP contribution < -0.4 is 10.6 Å². The number of aliphatic hydroxyl groups excluding tert-OH is 1. The monoisotopic (exact) mass is 256 g/mol. The summed E-state index contributed by atoms with van der Waals surface area (Å²) in [7, 11) is 0. The van der Waals surface area contributed by atoms with Gasteiger partial charge in [-0.2, -0.15) is 0 Å².